The first-order valence-electron chi connectivity index (χ1n) is 13.2. The Labute approximate surface area is 225 Å². The zero-order chi connectivity index (χ0) is 25.8. The number of fused-ring (bicyclic) bond motifs is 6. The highest BCUT2D eigenvalue weighted by Gasteiger charge is 2.28. The fourth-order valence-corrected chi connectivity index (χ4v) is 5.77. The number of rotatable bonds is 4. The van der Waals surface area contributed by atoms with Gasteiger partial charge in [0.2, 0.25) is 0 Å². The lowest BCUT2D eigenvalue weighted by Crippen LogP contribution is -2.23. The Bertz CT molecular complexity index is 2010. The van der Waals surface area contributed by atoms with Crippen molar-refractivity contribution >= 4 is 50.0 Å². The summed E-state index contributed by atoms with van der Waals surface area (Å²) in [6, 6.07) is 42.0. The molecule has 0 fully saturated rings. The van der Waals surface area contributed by atoms with Gasteiger partial charge in [-0.15, -0.1) is 0 Å². The standard InChI is InChI=1S/C35H24N2O2/c1-2-9-23(10-3-1)24-17-19-25(20-18-24)37(28-13-8-16-32-34(28)26-11-4-6-14-30(26)38-32)29-21-36-22-33-35(29)27-12-5-7-15-31(27)39-33/h1-21,36H,22H2. The van der Waals surface area contributed by atoms with Gasteiger partial charge in [-0.3, -0.25) is 0 Å². The lowest BCUT2D eigenvalue weighted by Gasteiger charge is -2.30. The molecule has 39 heavy (non-hydrogen) atoms. The monoisotopic (exact) mass is 504 g/mol. The molecule has 4 nitrogen and oxygen atoms in total. The lowest BCUT2D eigenvalue weighted by atomic mass is 10.0. The van der Waals surface area contributed by atoms with Gasteiger partial charge < -0.3 is 19.1 Å². The van der Waals surface area contributed by atoms with Gasteiger partial charge >= 0.3 is 0 Å². The minimum absolute atomic E-state index is 0.646. The van der Waals surface area contributed by atoms with Crippen molar-refractivity contribution in [2.24, 2.45) is 0 Å². The van der Waals surface area contributed by atoms with Crippen LogP contribution in [0.15, 0.2) is 136 Å². The van der Waals surface area contributed by atoms with E-state index < -0.39 is 0 Å². The molecule has 1 N–H and O–H groups in total. The van der Waals surface area contributed by atoms with Gasteiger partial charge in [0.05, 0.1) is 28.9 Å². The van der Waals surface area contributed by atoms with E-state index >= 15 is 0 Å². The highest BCUT2D eigenvalue weighted by Crippen LogP contribution is 2.45. The number of furan rings is 2. The first kappa shape index (κ1) is 21.8. The molecule has 7 aromatic rings. The number of benzene rings is 5. The molecule has 1 aliphatic rings. The predicted octanol–water partition coefficient (Wildman–Crippen LogP) is 9.24. The van der Waals surface area contributed by atoms with E-state index in [2.05, 4.69) is 101 Å². The third-order valence-corrected chi connectivity index (χ3v) is 7.52. The van der Waals surface area contributed by atoms with Crippen molar-refractivity contribution < 1.29 is 8.83 Å². The summed E-state index contributed by atoms with van der Waals surface area (Å²) in [5.41, 5.74) is 9.26. The van der Waals surface area contributed by atoms with Gasteiger partial charge in [-0.1, -0.05) is 84.9 Å². The molecule has 0 aliphatic carbocycles. The maximum Gasteiger partial charge on any atom is 0.137 e. The van der Waals surface area contributed by atoms with Crippen LogP contribution in [0.3, 0.4) is 0 Å². The van der Waals surface area contributed by atoms with Gasteiger partial charge in [-0.25, -0.2) is 0 Å². The molecule has 3 heterocycles. The van der Waals surface area contributed by atoms with Crippen molar-refractivity contribution in [1.29, 1.82) is 0 Å². The number of hydrogen-bond donors (Lipinski definition) is 1. The van der Waals surface area contributed by atoms with Crippen LogP contribution in [-0.4, -0.2) is 0 Å². The van der Waals surface area contributed by atoms with E-state index in [4.69, 9.17) is 8.83 Å². The number of nitrogens with zero attached hydrogens (tertiary/aromatic N) is 1. The Kier molecular flexibility index (Phi) is 4.85. The van der Waals surface area contributed by atoms with Crippen LogP contribution in [0.5, 0.6) is 0 Å². The molecule has 4 heteroatoms. The molecule has 0 saturated carbocycles. The van der Waals surface area contributed by atoms with Gasteiger partial charge in [-0.05, 0) is 47.5 Å². The highest BCUT2D eigenvalue weighted by molar-refractivity contribution is 6.15. The van der Waals surface area contributed by atoms with E-state index in [9.17, 15) is 0 Å². The van der Waals surface area contributed by atoms with Crippen LogP contribution in [0.2, 0.25) is 0 Å². The zero-order valence-electron chi connectivity index (χ0n) is 21.1. The summed E-state index contributed by atoms with van der Waals surface area (Å²) in [5.74, 6) is 0.934. The highest BCUT2D eigenvalue weighted by atomic mass is 16.3. The summed E-state index contributed by atoms with van der Waals surface area (Å²) in [5, 5.41) is 6.75. The van der Waals surface area contributed by atoms with Gasteiger partial charge in [0.15, 0.2) is 0 Å². The molecule has 0 atom stereocenters. The normalized spacial score (nSPS) is 12.9. The van der Waals surface area contributed by atoms with Crippen molar-refractivity contribution in [2.45, 2.75) is 6.54 Å². The third kappa shape index (κ3) is 3.46. The Morgan fingerprint density at radius 2 is 1.23 bits per heavy atom. The average molecular weight is 505 g/mol. The van der Waals surface area contributed by atoms with Crippen LogP contribution in [0, 0.1) is 0 Å². The van der Waals surface area contributed by atoms with Gasteiger partial charge in [0.1, 0.15) is 22.5 Å². The molecular weight excluding hydrogens is 480 g/mol. The second-order valence-corrected chi connectivity index (χ2v) is 9.80. The Morgan fingerprint density at radius 3 is 2.05 bits per heavy atom. The predicted molar refractivity (Wildman–Crippen MR) is 159 cm³/mol. The molecule has 1 aliphatic heterocycles. The number of hydrogen-bond acceptors (Lipinski definition) is 4. The molecule has 0 unspecified atom stereocenters. The first-order chi connectivity index (χ1) is 19.3. The molecule has 2 aromatic heterocycles. The molecule has 0 radical (unpaired) electrons. The van der Waals surface area contributed by atoms with Crippen LogP contribution >= 0.6 is 0 Å². The van der Waals surface area contributed by atoms with Crippen LogP contribution in [0.1, 0.15) is 11.3 Å². The summed E-state index contributed by atoms with van der Waals surface area (Å²) in [4.78, 5) is 2.33. The van der Waals surface area contributed by atoms with Crippen LogP contribution in [-0.2, 0) is 6.54 Å². The van der Waals surface area contributed by atoms with E-state index in [-0.39, 0.29) is 0 Å². The maximum atomic E-state index is 6.31. The van der Waals surface area contributed by atoms with Crippen molar-refractivity contribution in [1.82, 2.24) is 5.32 Å². The Balaban J connectivity index is 1.39. The summed E-state index contributed by atoms with van der Waals surface area (Å²) in [7, 11) is 0. The van der Waals surface area contributed by atoms with Crippen molar-refractivity contribution in [3.05, 3.63) is 139 Å². The average Bonchev–Trinajstić information content (AvgIpc) is 3.57. The number of nitrogens with one attached hydrogen (secondary N) is 1. The number of anilines is 2. The molecule has 8 rings (SSSR count). The van der Waals surface area contributed by atoms with Crippen LogP contribution < -0.4 is 10.2 Å². The van der Waals surface area contributed by atoms with Crippen molar-refractivity contribution in [3.63, 3.8) is 0 Å². The van der Waals surface area contributed by atoms with E-state index in [0.29, 0.717) is 6.54 Å². The van der Waals surface area contributed by atoms with Crippen LogP contribution in [0.4, 0.5) is 11.4 Å². The van der Waals surface area contributed by atoms with Crippen molar-refractivity contribution in [2.75, 3.05) is 4.90 Å². The molecule has 5 aromatic carbocycles. The SMILES string of the molecule is C1=C(N(c2ccc(-c3ccccc3)cc2)c2cccc3oc4ccccc4c23)c2c(oc3ccccc23)CN1. The quantitative estimate of drug-likeness (QED) is 0.259. The second kappa shape index (κ2) is 8.67. The summed E-state index contributed by atoms with van der Waals surface area (Å²) in [6.45, 7) is 0.646. The molecule has 0 bridgehead atoms. The van der Waals surface area contributed by atoms with Crippen molar-refractivity contribution in [3.8, 4) is 11.1 Å². The smallest absolute Gasteiger partial charge is 0.137 e. The summed E-state index contributed by atoms with van der Waals surface area (Å²) >= 11 is 0. The van der Waals surface area contributed by atoms with Gasteiger partial charge in [0, 0.05) is 22.7 Å². The van der Waals surface area contributed by atoms with Crippen LogP contribution in [0.25, 0.3) is 49.7 Å². The third-order valence-electron chi connectivity index (χ3n) is 7.52. The lowest BCUT2D eigenvalue weighted by molar-refractivity contribution is 0.531. The Hall–Kier alpha value is -5.22. The molecule has 186 valence electrons. The molecule has 0 saturated heterocycles. The summed E-state index contributed by atoms with van der Waals surface area (Å²) < 4.78 is 12.6. The van der Waals surface area contributed by atoms with E-state index in [1.165, 1.54) is 11.1 Å². The fourth-order valence-electron chi connectivity index (χ4n) is 5.77. The summed E-state index contributed by atoms with van der Waals surface area (Å²) in [6.07, 6.45) is 2.11. The Morgan fingerprint density at radius 1 is 0.564 bits per heavy atom. The minimum atomic E-state index is 0.646. The second-order valence-electron chi connectivity index (χ2n) is 9.80. The topological polar surface area (TPSA) is 41.6 Å². The van der Waals surface area contributed by atoms with E-state index in [1.54, 1.807) is 0 Å². The van der Waals surface area contributed by atoms with E-state index in [0.717, 1.165) is 61.3 Å². The molecule has 0 spiro atoms. The fraction of sp³-hybridized carbons (Fsp3) is 0.0286. The van der Waals surface area contributed by atoms with E-state index in [1.807, 2.05) is 36.4 Å². The molecular formula is C35H24N2O2. The van der Waals surface area contributed by atoms with Gasteiger partial charge in [-0.2, -0.15) is 0 Å². The number of para-hydroxylation sites is 2. The van der Waals surface area contributed by atoms with Gasteiger partial charge in [0.25, 0.3) is 0 Å². The maximum absolute atomic E-state index is 6.31. The first-order valence-corrected chi connectivity index (χ1v) is 13.2. The minimum Gasteiger partial charge on any atom is -0.458 e. The molecule has 0 amide bonds. The zero-order valence-corrected chi connectivity index (χ0v) is 21.1. The largest absolute Gasteiger partial charge is 0.458 e.